The Morgan fingerprint density at radius 2 is 1.93 bits per heavy atom. The summed E-state index contributed by atoms with van der Waals surface area (Å²) >= 11 is 0. The molecule has 2 aromatic carbocycles. The van der Waals surface area contributed by atoms with Crippen LogP contribution in [0.4, 0.5) is 4.39 Å². The van der Waals surface area contributed by atoms with Crippen LogP contribution in [0.1, 0.15) is 30.9 Å². The van der Waals surface area contributed by atoms with Gasteiger partial charge in [-0.1, -0.05) is 38.1 Å². The Labute approximate surface area is 176 Å². The topological polar surface area (TPSA) is 55.8 Å². The van der Waals surface area contributed by atoms with Gasteiger partial charge in [0.1, 0.15) is 30.5 Å². The molecule has 1 aliphatic rings. The summed E-state index contributed by atoms with van der Waals surface area (Å²) in [5, 5.41) is 0. The third-order valence-electron chi connectivity index (χ3n) is 5.65. The first kappa shape index (κ1) is 22.0. The van der Waals surface area contributed by atoms with Crippen molar-refractivity contribution < 1.29 is 23.5 Å². The lowest BCUT2D eigenvalue weighted by Crippen LogP contribution is -2.44. The van der Waals surface area contributed by atoms with E-state index in [1.807, 2.05) is 49.1 Å². The zero-order valence-corrected chi connectivity index (χ0v) is 17.6. The van der Waals surface area contributed by atoms with Crippen molar-refractivity contribution in [2.24, 2.45) is 11.8 Å². The van der Waals surface area contributed by atoms with Gasteiger partial charge in [0.15, 0.2) is 0 Å². The second-order valence-corrected chi connectivity index (χ2v) is 8.06. The first-order valence-corrected chi connectivity index (χ1v) is 10.2. The Kier molecular flexibility index (Phi) is 7.21. The molecule has 0 amide bonds. The van der Waals surface area contributed by atoms with Crippen LogP contribution in [0.2, 0.25) is 0 Å². The number of halogens is 1. The normalized spacial score (nSPS) is 20.2. The van der Waals surface area contributed by atoms with Crippen LogP contribution in [0.15, 0.2) is 48.5 Å². The Morgan fingerprint density at radius 1 is 1.20 bits per heavy atom. The number of nitrogens with zero attached hydrogens (tertiary/aromatic N) is 1. The second-order valence-electron chi connectivity index (χ2n) is 8.06. The van der Waals surface area contributed by atoms with E-state index < -0.39 is 6.04 Å². The van der Waals surface area contributed by atoms with Crippen molar-refractivity contribution in [3.05, 3.63) is 65.5 Å². The number of carbonyl (C=O) groups excluding carboxylic acids is 2. The molecule has 5 nitrogen and oxygen atoms in total. The molecule has 0 saturated carbocycles. The average molecular weight is 413 g/mol. The molecule has 0 aliphatic carbocycles. The molecule has 3 atom stereocenters. The van der Waals surface area contributed by atoms with E-state index in [1.165, 1.54) is 12.1 Å². The lowest BCUT2D eigenvalue weighted by molar-refractivity contribution is -0.153. The number of rotatable bonds is 8. The molecule has 30 heavy (non-hydrogen) atoms. The largest absolute Gasteiger partial charge is 0.497 e. The van der Waals surface area contributed by atoms with Crippen LogP contribution in [-0.4, -0.2) is 43.4 Å². The van der Waals surface area contributed by atoms with Crippen LogP contribution in [-0.2, 0) is 20.9 Å². The maximum absolute atomic E-state index is 13.7. The summed E-state index contributed by atoms with van der Waals surface area (Å²) in [6, 6.07) is 13.2. The Morgan fingerprint density at radius 3 is 2.53 bits per heavy atom. The van der Waals surface area contributed by atoms with Gasteiger partial charge < -0.3 is 14.3 Å². The highest BCUT2D eigenvalue weighted by molar-refractivity contribution is 5.76. The molecular weight excluding hydrogens is 385 g/mol. The van der Waals surface area contributed by atoms with Crippen molar-refractivity contribution >= 4 is 12.3 Å². The van der Waals surface area contributed by atoms with E-state index in [4.69, 9.17) is 9.47 Å². The van der Waals surface area contributed by atoms with Crippen molar-refractivity contribution in [2.75, 3.05) is 20.2 Å². The Bertz CT molecular complexity index is 868. The maximum Gasteiger partial charge on any atom is 0.323 e. The molecule has 1 heterocycles. The average Bonchev–Trinajstić information content (AvgIpc) is 3.16. The summed E-state index contributed by atoms with van der Waals surface area (Å²) in [7, 11) is 1.60. The lowest BCUT2D eigenvalue weighted by atomic mass is 9.90. The predicted molar refractivity (Wildman–Crippen MR) is 112 cm³/mol. The van der Waals surface area contributed by atoms with E-state index >= 15 is 0 Å². The van der Waals surface area contributed by atoms with Gasteiger partial charge in [-0.3, -0.25) is 9.69 Å². The fourth-order valence-corrected chi connectivity index (χ4v) is 4.12. The summed E-state index contributed by atoms with van der Waals surface area (Å²) in [5.74, 6) is -0.325. The van der Waals surface area contributed by atoms with Gasteiger partial charge in [0.2, 0.25) is 0 Å². The van der Waals surface area contributed by atoms with Crippen LogP contribution >= 0.6 is 0 Å². The molecule has 1 fully saturated rings. The number of hydrogen-bond acceptors (Lipinski definition) is 5. The van der Waals surface area contributed by atoms with Gasteiger partial charge in [0.05, 0.1) is 7.11 Å². The molecule has 0 bridgehead atoms. The van der Waals surface area contributed by atoms with E-state index in [0.29, 0.717) is 13.1 Å². The molecule has 0 aromatic heterocycles. The van der Waals surface area contributed by atoms with Crippen LogP contribution in [0.25, 0.3) is 0 Å². The van der Waals surface area contributed by atoms with Crippen LogP contribution < -0.4 is 4.74 Å². The molecular formula is C24H28FNO4. The van der Waals surface area contributed by atoms with Crippen molar-refractivity contribution in [2.45, 2.75) is 32.4 Å². The van der Waals surface area contributed by atoms with Gasteiger partial charge in [0.25, 0.3) is 0 Å². The highest BCUT2D eigenvalue weighted by Gasteiger charge is 2.41. The molecule has 0 N–H and O–H groups in total. The molecule has 1 aliphatic heterocycles. The number of esters is 1. The highest BCUT2D eigenvalue weighted by atomic mass is 19.1. The molecule has 0 unspecified atom stereocenters. The van der Waals surface area contributed by atoms with E-state index in [9.17, 15) is 14.0 Å². The molecule has 0 spiro atoms. The van der Waals surface area contributed by atoms with Gasteiger partial charge in [0, 0.05) is 24.9 Å². The monoisotopic (exact) mass is 413 g/mol. The van der Waals surface area contributed by atoms with Gasteiger partial charge in [-0.2, -0.15) is 0 Å². The first-order valence-electron chi connectivity index (χ1n) is 10.2. The van der Waals surface area contributed by atoms with Crippen molar-refractivity contribution in [3.63, 3.8) is 0 Å². The minimum atomic E-state index is -0.468. The van der Waals surface area contributed by atoms with Crippen molar-refractivity contribution in [1.82, 2.24) is 4.90 Å². The van der Waals surface area contributed by atoms with Crippen LogP contribution in [0, 0.1) is 17.7 Å². The standard InChI is InChI=1S/C24H28FNO4/c1-16(2)23(24(28)30-15-17-7-9-21(29-3)10-8-17)26-12-19(14-27)22(13-26)18-5-4-6-20(25)11-18/h4-11,14,16,19,22-23H,12-13,15H2,1-3H3/t19-,22-,23-/m1/s1. The number of carbonyl (C=O) groups is 2. The third kappa shape index (κ3) is 5.05. The molecule has 3 rings (SSSR count). The summed E-state index contributed by atoms with van der Waals surface area (Å²) in [5.41, 5.74) is 1.65. The highest BCUT2D eigenvalue weighted by Crippen LogP contribution is 2.34. The minimum absolute atomic E-state index is 0.00642. The summed E-state index contributed by atoms with van der Waals surface area (Å²) in [6.45, 7) is 5.05. The number of methoxy groups -OCH3 is 1. The summed E-state index contributed by atoms with van der Waals surface area (Å²) in [6.07, 6.45) is 0.912. The smallest absolute Gasteiger partial charge is 0.323 e. The Balaban J connectivity index is 1.70. The van der Waals surface area contributed by atoms with E-state index in [-0.39, 0.29) is 36.1 Å². The number of hydrogen-bond donors (Lipinski definition) is 0. The van der Waals surface area contributed by atoms with Crippen molar-refractivity contribution in [1.29, 1.82) is 0 Å². The van der Waals surface area contributed by atoms with E-state index in [1.54, 1.807) is 13.2 Å². The zero-order valence-electron chi connectivity index (χ0n) is 17.6. The molecule has 0 radical (unpaired) electrons. The number of aldehydes is 1. The van der Waals surface area contributed by atoms with E-state index in [0.717, 1.165) is 23.2 Å². The van der Waals surface area contributed by atoms with Crippen molar-refractivity contribution in [3.8, 4) is 5.75 Å². The molecule has 160 valence electrons. The Hall–Kier alpha value is -2.73. The molecule has 2 aromatic rings. The summed E-state index contributed by atoms with van der Waals surface area (Å²) < 4.78 is 24.4. The van der Waals surface area contributed by atoms with E-state index in [2.05, 4.69) is 0 Å². The fraction of sp³-hybridized carbons (Fsp3) is 0.417. The SMILES string of the molecule is COc1ccc(COC(=O)[C@@H](C(C)C)N2C[C@H](c3cccc(F)c3)[C@@H](C=O)C2)cc1. The fourth-order valence-electron chi connectivity index (χ4n) is 4.12. The quantitative estimate of drug-likeness (QED) is 0.487. The summed E-state index contributed by atoms with van der Waals surface area (Å²) in [4.78, 5) is 26.6. The first-order chi connectivity index (χ1) is 14.4. The minimum Gasteiger partial charge on any atom is -0.497 e. The number of ether oxygens (including phenoxy) is 2. The van der Waals surface area contributed by atoms with Gasteiger partial charge in [-0.05, 0) is 41.3 Å². The maximum atomic E-state index is 13.7. The lowest BCUT2D eigenvalue weighted by Gasteiger charge is -2.29. The van der Waals surface area contributed by atoms with Crippen LogP contribution in [0.3, 0.4) is 0 Å². The van der Waals surface area contributed by atoms with Crippen LogP contribution in [0.5, 0.6) is 5.75 Å². The van der Waals surface area contributed by atoms with Gasteiger partial charge in [-0.25, -0.2) is 4.39 Å². The molecule has 6 heteroatoms. The predicted octanol–water partition coefficient (Wildman–Crippen LogP) is 3.82. The zero-order chi connectivity index (χ0) is 21.7. The van der Waals surface area contributed by atoms with Gasteiger partial charge in [-0.15, -0.1) is 0 Å². The third-order valence-corrected chi connectivity index (χ3v) is 5.65. The number of benzene rings is 2. The van der Waals surface area contributed by atoms with Gasteiger partial charge >= 0.3 is 5.97 Å². The number of likely N-dealkylation sites (tertiary alicyclic amines) is 1. The second kappa shape index (κ2) is 9.85. The molecule has 1 saturated heterocycles.